The fourth-order valence-corrected chi connectivity index (χ4v) is 2.68. The number of nitrogens with one attached hydrogen (secondary N) is 1. The van der Waals surface area contributed by atoms with E-state index in [0.29, 0.717) is 5.15 Å². The van der Waals surface area contributed by atoms with Gasteiger partial charge in [-0.25, -0.2) is 9.97 Å². The second-order valence-corrected chi connectivity index (χ2v) is 5.60. The molecule has 3 rings (SSSR count). The zero-order valence-corrected chi connectivity index (χ0v) is 12.2. The summed E-state index contributed by atoms with van der Waals surface area (Å²) in [5.74, 6) is 0.811. The van der Waals surface area contributed by atoms with Gasteiger partial charge in [-0.05, 0) is 17.2 Å². The first-order chi connectivity index (χ1) is 9.81. The summed E-state index contributed by atoms with van der Waals surface area (Å²) in [5, 5.41) is 1.42. The summed E-state index contributed by atoms with van der Waals surface area (Å²) in [7, 11) is 0. The summed E-state index contributed by atoms with van der Waals surface area (Å²) in [5.41, 5.74) is 3.29. The molecule has 20 heavy (non-hydrogen) atoms. The summed E-state index contributed by atoms with van der Waals surface area (Å²) in [4.78, 5) is 11.8. The third-order valence-electron chi connectivity index (χ3n) is 2.80. The van der Waals surface area contributed by atoms with E-state index in [1.165, 1.54) is 0 Å². The van der Waals surface area contributed by atoms with Crippen molar-refractivity contribution in [3.05, 3.63) is 65.6 Å². The monoisotopic (exact) mass is 301 g/mol. The van der Waals surface area contributed by atoms with E-state index in [0.717, 1.165) is 27.7 Å². The Morgan fingerprint density at radius 3 is 2.60 bits per heavy atom. The predicted molar refractivity (Wildman–Crippen MR) is 82.8 cm³/mol. The smallest absolute Gasteiger partial charge is 0.166 e. The fourth-order valence-electron chi connectivity index (χ4n) is 1.78. The second-order valence-electron chi connectivity index (χ2n) is 4.25. The van der Waals surface area contributed by atoms with E-state index in [1.807, 2.05) is 30.5 Å². The van der Waals surface area contributed by atoms with Crippen LogP contribution in [0, 0.1) is 0 Å². The third kappa shape index (κ3) is 3.21. The van der Waals surface area contributed by atoms with Crippen LogP contribution < -0.4 is 0 Å². The van der Waals surface area contributed by atoms with Gasteiger partial charge in [0.25, 0.3) is 0 Å². The Morgan fingerprint density at radius 1 is 1.00 bits per heavy atom. The van der Waals surface area contributed by atoms with Crippen LogP contribution >= 0.6 is 23.4 Å². The normalized spacial score (nSPS) is 10.7. The minimum Gasteiger partial charge on any atom is -0.333 e. The van der Waals surface area contributed by atoms with Crippen LogP contribution in [-0.4, -0.2) is 15.0 Å². The maximum absolute atomic E-state index is 5.76. The molecule has 1 aromatic carbocycles. The van der Waals surface area contributed by atoms with Crippen LogP contribution in [0.4, 0.5) is 0 Å². The molecule has 2 heterocycles. The van der Waals surface area contributed by atoms with Gasteiger partial charge >= 0.3 is 0 Å². The average molecular weight is 302 g/mol. The number of aromatic nitrogens is 3. The number of aromatic amines is 1. The molecule has 0 bridgehead atoms. The quantitative estimate of drug-likeness (QED) is 0.573. The van der Waals surface area contributed by atoms with Crippen molar-refractivity contribution in [2.45, 2.75) is 10.9 Å². The Balaban J connectivity index is 1.67. The van der Waals surface area contributed by atoms with Crippen LogP contribution in [0.3, 0.4) is 0 Å². The van der Waals surface area contributed by atoms with Crippen LogP contribution in [0.2, 0.25) is 5.15 Å². The standard InChI is InChI=1S/C15H12ClN3S/c16-14-7-6-11(8-17-14)10-20-15-18-9-13(19-15)12-4-2-1-3-5-12/h1-9H,10H2,(H,18,19). The lowest BCUT2D eigenvalue weighted by molar-refractivity contribution is 1.06. The molecule has 0 amide bonds. The topological polar surface area (TPSA) is 41.6 Å². The second kappa shape index (κ2) is 6.11. The zero-order chi connectivity index (χ0) is 13.8. The van der Waals surface area contributed by atoms with E-state index in [-0.39, 0.29) is 0 Å². The number of benzene rings is 1. The van der Waals surface area contributed by atoms with Gasteiger partial charge in [-0.3, -0.25) is 0 Å². The van der Waals surface area contributed by atoms with Gasteiger partial charge in [-0.1, -0.05) is 59.8 Å². The molecular formula is C15H12ClN3S. The van der Waals surface area contributed by atoms with Gasteiger partial charge in [0.1, 0.15) is 5.15 Å². The van der Waals surface area contributed by atoms with Gasteiger partial charge in [-0.15, -0.1) is 0 Å². The highest BCUT2D eigenvalue weighted by Crippen LogP contribution is 2.23. The number of imidazole rings is 1. The highest BCUT2D eigenvalue weighted by Gasteiger charge is 2.04. The molecule has 1 N–H and O–H groups in total. The summed E-state index contributed by atoms with van der Waals surface area (Å²) in [6.07, 6.45) is 3.65. The van der Waals surface area contributed by atoms with Gasteiger partial charge in [0, 0.05) is 11.9 Å². The molecule has 0 spiro atoms. The summed E-state index contributed by atoms with van der Waals surface area (Å²) < 4.78 is 0. The van der Waals surface area contributed by atoms with Gasteiger partial charge in [0.15, 0.2) is 5.16 Å². The van der Waals surface area contributed by atoms with Crippen molar-refractivity contribution >= 4 is 23.4 Å². The largest absolute Gasteiger partial charge is 0.333 e. The van der Waals surface area contributed by atoms with Gasteiger partial charge in [0.2, 0.25) is 0 Å². The van der Waals surface area contributed by atoms with Gasteiger partial charge < -0.3 is 4.98 Å². The van der Waals surface area contributed by atoms with Crippen molar-refractivity contribution in [2.24, 2.45) is 0 Å². The van der Waals surface area contributed by atoms with Crippen molar-refractivity contribution in [3.63, 3.8) is 0 Å². The first kappa shape index (κ1) is 13.2. The SMILES string of the molecule is Clc1ccc(CSc2ncc(-c3ccccc3)[nH]2)cn1. The lowest BCUT2D eigenvalue weighted by Gasteiger charge is -1.99. The lowest BCUT2D eigenvalue weighted by Crippen LogP contribution is -1.84. The number of nitrogens with zero attached hydrogens (tertiary/aromatic N) is 2. The maximum Gasteiger partial charge on any atom is 0.166 e. The molecule has 0 saturated carbocycles. The Labute approximate surface area is 126 Å². The van der Waals surface area contributed by atoms with E-state index in [4.69, 9.17) is 11.6 Å². The molecule has 2 aromatic heterocycles. The van der Waals surface area contributed by atoms with Crippen LogP contribution in [0.15, 0.2) is 60.0 Å². The van der Waals surface area contributed by atoms with Crippen LogP contribution in [0.25, 0.3) is 11.3 Å². The number of halogens is 1. The number of H-pyrrole nitrogens is 1. The molecule has 3 nitrogen and oxygen atoms in total. The Morgan fingerprint density at radius 2 is 1.85 bits per heavy atom. The van der Waals surface area contributed by atoms with Crippen molar-refractivity contribution < 1.29 is 0 Å². The molecule has 0 saturated heterocycles. The third-order valence-corrected chi connectivity index (χ3v) is 3.98. The highest BCUT2D eigenvalue weighted by atomic mass is 35.5. The van der Waals surface area contributed by atoms with Crippen molar-refractivity contribution in [1.82, 2.24) is 15.0 Å². The van der Waals surface area contributed by atoms with Crippen molar-refractivity contribution in [3.8, 4) is 11.3 Å². The van der Waals surface area contributed by atoms with E-state index in [1.54, 1.807) is 24.0 Å². The van der Waals surface area contributed by atoms with Crippen LogP contribution in [0.1, 0.15) is 5.56 Å². The fraction of sp³-hybridized carbons (Fsp3) is 0.0667. The number of hydrogen-bond donors (Lipinski definition) is 1. The van der Waals surface area contributed by atoms with E-state index >= 15 is 0 Å². The maximum atomic E-state index is 5.76. The molecule has 0 aliphatic heterocycles. The Hall–Kier alpha value is -1.78. The van der Waals surface area contributed by atoms with Crippen molar-refractivity contribution in [1.29, 1.82) is 0 Å². The van der Waals surface area contributed by atoms with Crippen LogP contribution in [0.5, 0.6) is 0 Å². The van der Waals surface area contributed by atoms with Gasteiger partial charge in [0.05, 0.1) is 11.9 Å². The molecule has 3 aromatic rings. The molecular weight excluding hydrogens is 290 g/mol. The summed E-state index contributed by atoms with van der Waals surface area (Å²) in [6, 6.07) is 13.9. The number of rotatable bonds is 4. The lowest BCUT2D eigenvalue weighted by atomic mass is 10.2. The molecule has 0 fully saturated rings. The first-order valence-corrected chi connectivity index (χ1v) is 7.51. The predicted octanol–water partition coefficient (Wildman–Crippen LogP) is 4.42. The Kier molecular flexibility index (Phi) is 4.04. The average Bonchev–Trinajstić information content (AvgIpc) is 2.97. The van der Waals surface area contributed by atoms with Gasteiger partial charge in [-0.2, -0.15) is 0 Å². The molecule has 0 atom stereocenters. The molecule has 0 aliphatic carbocycles. The summed E-state index contributed by atoms with van der Waals surface area (Å²) in [6.45, 7) is 0. The van der Waals surface area contributed by atoms with E-state index in [9.17, 15) is 0 Å². The summed E-state index contributed by atoms with van der Waals surface area (Å²) >= 11 is 7.41. The number of pyridine rings is 1. The highest BCUT2D eigenvalue weighted by molar-refractivity contribution is 7.98. The molecule has 0 unspecified atom stereocenters. The number of thioether (sulfide) groups is 1. The number of hydrogen-bond acceptors (Lipinski definition) is 3. The van der Waals surface area contributed by atoms with E-state index in [2.05, 4.69) is 27.1 Å². The minimum atomic E-state index is 0.517. The molecule has 0 radical (unpaired) electrons. The van der Waals surface area contributed by atoms with Crippen LogP contribution in [-0.2, 0) is 5.75 Å². The molecule has 0 aliphatic rings. The van der Waals surface area contributed by atoms with Crippen molar-refractivity contribution in [2.75, 3.05) is 0 Å². The van der Waals surface area contributed by atoms with E-state index < -0.39 is 0 Å². The minimum absolute atomic E-state index is 0.517. The Bertz CT molecular complexity index is 680. The molecule has 100 valence electrons. The first-order valence-electron chi connectivity index (χ1n) is 6.15. The zero-order valence-electron chi connectivity index (χ0n) is 10.6. The molecule has 5 heteroatoms.